The first kappa shape index (κ1) is 16.1. The number of nitrogens with zero attached hydrogens (tertiary/aromatic N) is 2. The zero-order chi connectivity index (χ0) is 17.4. The molecule has 0 aliphatic carbocycles. The number of rotatable bonds is 3. The Kier molecular flexibility index (Phi) is 4.19. The van der Waals surface area contributed by atoms with E-state index in [9.17, 15) is 13.6 Å². The van der Waals surface area contributed by atoms with Crippen LogP contribution in [0.3, 0.4) is 0 Å². The Hall–Kier alpha value is -2.38. The number of aromatic amines is 1. The van der Waals surface area contributed by atoms with Crippen LogP contribution in [-0.2, 0) is 19.5 Å². The van der Waals surface area contributed by atoms with Crippen molar-refractivity contribution in [3.8, 4) is 10.7 Å². The monoisotopic (exact) mass is 359 g/mol. The molecule has 0 unspecified atom stereocenters. The van der Waals surface area contributed by atoms with Gasteiger partial charge in [-0.15, -0.1) is 11.3 Å². The zero-order valence-corrected chi connectivity index (χ0v) is 14.1. The van der Waals surface area contributed by atoms with Gasteiger partial charge in [0.25, 0.3) is 5.56 Å². The summed E-state index contributed by atoms with van der Waals surface area (Å²) in [7, 11) is 0. The van der Waals surface area contributed by atoms with Crippen LogP contribution in [0, 0.1) is 11.6 Å². The molecule has 3 aromatic rings. The first-order chi connectivity index (χ1) is 12.1. The van der Waals surface area contributed by atoms with Crippen LogP contribution in [0.25, 0.3) is 10.7 Å². The Morgan fingerprint density at radius 2 is 2.12 bits per heavy atom. The number of benzene rings is 1. The van der Waals surface area contributed by atoms with Crippen LogP contribution in [-0.4, -0.2) is 21.4 Å². The van der Waals surface area contributed by atoms with Crippen molar-refractivity contribution in [1.82, 2.24) is 14.9 Å². The van der Waals surface area contributed by atoms with Gasteiger partial charge in [-0.3, -0.25) is 9.69 Å². The molecule has 0 saturated carbocycles. The van der Waals surface area contributed by atoms with E-state index in [0.29, 0.717) is 42.2 Å². The number of aromatic nitrogens is 2. The lowest BCUT2D eigenvalue weighted by atomic mass is 10.1. The highest BCUT2D eigenvalue weighted by Gasteiger charge is 2.22. The Labute approximate surface area is 146 Å². The molecule has 1 aliphatic heterocycles. The molecule has 4 rings (SSSR count). The maximum Gasteiger partial charge on any atom is 0.254 e. The minimum Gasteiger partial charge on any atom is -0.306 e. The van der Waals surface area contributed by atoms with Gasteiger partial charge in [-0.05, 0) is 23.9 Å². The number of nitrogens with one attached hydrogen (secondary N) is 1. The molecule has 0 amide bonds. The number of H-pyrrole nitrogens is 1. The summed E-state index contributed by atoms with van der Waals surface area (Å²) in [6.07, 6.45) is 0.541. The van der Waals surface area contributed by atoms with Gasteiger partial charge in [-0.1, -0.05) is 18.2 Å². The minimum absolute atomic E-state index is 0.120. The molecule has 7 heteroatoms. The molecule has 25 heavy (non-hydrogen) atoms. The van der Waals surface area contributed by atoms with E-state index in [1.54, 1.807) is 6.07 Å². The van der Waals surface area contributed by atoms with Gasteiger partial charge in [0.1, 0.15) is 0 Å². The van der Waals surface area contributed by atoms with Gasteiger partial charge in [0.2, 0.25) is 0 Å². The van der Waals surface area contributed by atoms with Crippen LogP contribution in [0.4, 0.5) is 8.78 Å². The molecule has 3 heterocycles. The lowest BCUT2D eigenvalue weighted by Gasteiger charge is -2.27. The van der Waals surface area contributed by atoms with E-state index in [1.165, 1.54) is 17.4 Å². The molecule has 2 aromatic heterocycles. The second-order valence-electron chi connectivity index (χ2n) is 5.99. The molecule has 0 spiro atoms. The molecule has 1 aliphatic rings. The normalized spacial score (nSPS) is 14.5. The van der Waals surface area contributed by atoms with Crippen molar-refractivity contribution in [3.05, 3.63) is 74.5 Å². The van der Waals surface area contributed by atoms with Gasteiger partial charge in [0.05, 0.1) is 10.6 Å². The molecule has 0 saturated heterocycles. The van der Waals surface area contributed by atoms with Crippen LogP contribution in [0.15, 0.2) is 40.5 Å². The largest absolute Gasteiger partial charge is 0.306 e. The van der Waals surface area contributed by atoms with Crippen LogP contribution in [0.1, 0.15) is 16.8 Å². The minimum atomic E-state index is -0.843. The molecular weight excluding hydrogens is 344 g/mol. The second-order valence-corrected chi connectivity index (χ2v) is 6.94. The number of hydrogen-bond acceptors (Lipinski definition) is 4. The van der Waals surface area contributed by atoms with E-state index in [2.05, 4.69) is 9.97 Å². The van der Waals surface area contributed by atoms with E-state index in [-0.39, 0.29) is 12.1 Å². The topological polar surface area (TPSA) is 49.0 Å². The maximum atomic E-state index is 13.9. The lowest BCUT2D eigenvalue weighted by Crippen LogP contribution is -2.35. The van der Waals surface area contributed by atoms with Crippen molar-refractivity contribution < 1.29 is 8.78 Å². The van der Waals surface area contributed by atoms with Crippen LogP contribution in [0.5, 0.6) is 0 Å². The first-order valence-electron chi connectivity index (χ1n) is 7.93. The van der Waals surface area contributed by atoms with E-state index in [4.69, 9.17) is 0 Å². The molecule has 128 valence electrons. The summed E-state index contributed by atoms with van der Waals surface area (Å²) in [5.74, 6) is -1.10. The van der Waals surface area contributed by atoms with E-state index in [0.717, 1.165) is 10.9 Å². The fourth-order valence-electron chi connectivity index (χ4n) is 3.07. The zero-order valence-electron chi connectivity index (χ0n) is 13.3. The molecule has 4 nitrogen and oxygen atoms in total. The summed E-state index contributed by atoms with van der Waals surface area (Å²) in [5.41, 5.74) is 1.57. The molecule has 1 aromatic carbocycles. The van der Waals surface area contributed by atoms with Crippen molar-refractivity contribution in [1.29, 1.82) is 0 Å². The average Bonchev–Trinajstić information content (AvgIpc) is 3.13. The molecular formula is C18H15F2N3OS. The van der Waals surface area contributed by atoms with Gasteiger partial charge in [-0.25, -0.2) is 13.8 Å². The number of halogens is 2. The van der Waals surface area contributed by atoms with Crippen molar-refractivity contribution in [2.45, 2.75) is 19.5 Å². The van der Waals surface area contributed by atoms with E-state index < -0.39 is 11.6 Å². The molecule has 1 N–H and O–H groups in total. The molecule has 0 fully saturated rings. The van der Waals surface area contributed by atoms with E-state index in [1.807, 2.05) is 22.4 Å². The first-order valence-corrected chi connectivity index (χ1v) is 8.81. The quantitative estimate of drug-likeness (QED) is 0.780. The fraction of sp³-hybridized carbons (Fsp3) is 0.222. The average molecular weight is 359 g/mol. The number of fused-ring (bicyclic) bond motifs is 1. The van der Waals surface area contributed by atoms with E-state index >= 15 is 0 Å². The summed E-state index contributed by atoms with van der Waals surface area (Å²) >= 11 is 1.50. The highest BCUT2D eigenvalue weighted by atomic mass is 32.1. The van der Waals surface area contributed by atoms with Crippen molar-refractivity contribution in [3.63, 3.8) is 0 Å². The van der Waals surface area contributed by atoms with Crippen molar-refractivity contribution in [2.24, 2.45) is 0 Å². The predicted molar refractivity (Wildman–Crippen MR) is 92.3 cm³/mol. The molecule has 0 atom stereocenters. The van der Waals surface area contributed by atoms with Gasteiger partial charge < -0.3 is 4.98 Å². The third-order valence-corrected chi connectivity index (χ3v) is 5.21. The second kappa shape index (κ2) is 6.50. The third kappa shape index (κ3) is 3.12. The highest BCUT2D eigenvalue weighted by molar-refractivity contribution is 7.13. The smallest absolute Gasteiger partial charge is 0.254 e. The number of thiophene rings is 1. The van der Waals surface area contributed by atoms with Crippen molar-refractivity contribution in [2.75, 3.05) is 6.54 Å². The predicted octanol–water partition coefficient (Wildman–Crippen LogP) is 3.33. The van der Waals surface area contributed by atoms with Gasteiger partial charge >= 0.3 is 0 Å². The third-order valence-electron chi connectivity index (χ3n) is 4.33. The van der Waals surface area contributed by atoms with Gasteiger partial charge in [0, 0.05) is 30.8 Å². The standard InChI is InChI=1S/C18H15F2N3OS/c19-13-4-1-3-11(16(13)20)9-23-7-6-12-14(10-23)21-17(22-18(12)24)15-5-2-8-25-15/h1-5,8H,6-7,9-10H2,(H,21,22,24). The Bertz CT molecular complexity index is 969. The van der Waals surface area contributed by atoms with Crippen molar-refractivity contribution >= 4 is 11.3 Å². The Balaban J connectivity index is 1.62. The summed E-state index contributed by atoms with van der Waals surface area (Å²) in [5, 5.41) is 1.92. The highest BCUT2D eigenvalue weighted by Crippen LogP contribution is 2.23. The fourth-order valence-corrected chi connectivity index (χ4v) is 3.74. The lowest BCUT2D eigenvalue weighted by molar-refractivity contribution is 0.236. The van der Waals surface area contributed by atoms with Crippen LogP contribution < -0.4 is 5.56 Å². The molecule has 0 bridgehead atoms. The maximum absolute atomic E-state index is 13.9. The van der Waals surface area contributed by atoms with Gasteiger partial charge in [-0.2, -0.15) is 0 Å². The Morgan fingerprint density at radius 1 is 1.24 bits per heavy atom. The summed E-state index contributed by atoms with van der Waals surface area (Å²) in [4.78, 5) is 22.6. The summed E-state index contributed by atoms with van der Waals surface area (Å²) < 4.78 is 27.3. The Morgan fingerprint density at radius 3 is 2.92 bits per heavy atom. The summed E-state index contributed by atoms with van der Waals surface area (Å²) in [6, 6.07) is 8.00. The molecule has 0 radical (unpaired) electrons. The van der Waals surface area contributed by atoms with Crippen LogP contribution >= 0.6 is 11.3 Å². The van der Waals surface area contributed by atoms with Gasteiger partial charge in [0.15, 0.2) is 17.5 Å². The number of hydrogen-bond donors (Lipinski definition) is 1. The van der Waals surface area contributed by atoms with Crippen LogP contribution in [0.2, 0.25) is 0 Å². The summed E-state index contributed by atoms with van der Waals surface area (Å²) in [6.45, 7) is 1.32. The SMILES string of the molecule is O=c1[nH]c(-c2cccs2)nc2c1CCN(Cc1cccc(F)c1F)C2.